The summed E-state index contributed by atoms with van der Waals surface area (Å²) in [5.74, 6) is 2.59. The number of halogens is 2. The molecule has 1 saturated heterocycles. The van der Waals surface area contributed by atoms with Crippen LogP contribution in [0.1, 0.15) is 107 Å². The molecule has 0 bridgehead atoms. The van der Waals surface area contributed by atoms with Crippen molar-refractivity contribution in [3.05, 3.63) is 41.5 Å². The maximum absolute atomic E-state index is 12.4. The third-order valence-electron chi connectivity index (χ3n) is 8.19. The lowest BCUT2D eigenvalue weighted by Gasteiger charge is -2.30. The van der Waals surface area contributed by atoms with Gasteiger partial charge in [0.1, 0.15) is 0 Å². The topological polar surface area (TPSA) is 0 Å². The highest BCUT2D eigenvalue weighted by Gasteiger charge is 2.23. The molecular weight excluding hydrogens is 402 g/mol. The van der Waals surface area contributed by atoms with E-state index < -0.39 is 6.08 Å². The minimum Gasteiger partial charge on any atom is -0.173 e. The predicted octanol–water partition coefficient (Wildman–Crippen LogP) is 9.59. The summed E-state index contributed by atoms with van der Waals surface area (Å²) in [4.78, 5) is 0. The summed E-state index contributed by atoms with van der Waals surface area (Å²) in [7, 11) is -0.338. The smallest absolute Gasteiger partial charge is 0.173 e. The molecule has 1 aromatic rings. The van der Waals surface area contributed by atoms with Gasteiger partial charge in [-0.25, -0.2) is 0 Å². The van der Waals surface area contributed by atoms with E-state index in [9.17, 15) is 8.78 Å². The van der Waals surface area contributed by atoms with E-state index in [-0.39, 0.29) is 8.80 Å². The van der Waals surface area contributed by atoms with Gasteiger partial charge in [-0.3, -0.25) is 0 Å². The van der Waals surface area contributed by atoms with Crippen LogP contribution in [0.4, 0.5) is 8.78 Å². The fourth-order valence-corrected chi connectivity index (χ4v) is 9.75. The molecule has 1 heterocycles. The maximum atomic E-state index is 12.4. The second kappa shape index (κ2) is 13.6. The summed E-state index contributed by atoms with van der Waals surface area (Å²) in [6.45, 7) is 2.32. The Morgan fingerprint density at radius 3 is 2.03 bits per heavy atom. The first-order valence-electron chi connectivity index (χ1n) is 13.3. The van der Waals surface area contributed by atoms with Crippen LogP contribution in [-0.4, -0.2) is 8.80 Å². The highest BCUT2D eigenvalue weighted by atomic mass is 28.3. The number of unbranched alkanes of at least 4 members (excludes halogenated alkanes) is 3. The van der Waals surface area contributed by atoms with Crippen molar-refractivity contribution in [1.82, 2.24) is 0 Å². The second-order valence-corrected chi connectivity index (χ2v) is 13.9. The summed E-state index contributed by atoms with van der Waals surface area (Å²) >= 11 is 0. The van der Waals surface area contributed by atoms with Gasteiger partial charge in [0, 0.05) is 14.9 Å². The van der Waals surface area contributed by atoms with Gasteiger partial charge in [-0.15, -0.1) is 0 Å². The highest BCUT2D eigenvalue weighted by molar-refractivity contribution is 6.58. The van der Waals surface area contributed by atoms with Crippen molar-refractivity contribution >= 4 is 14.9 Å². The van der Waals surface area contributed by atoms with Crippen molar-refractivity contribution < 1.29 is 8.78 Å². The van der Waals surface area contributed by atoms with E-state index in [1.807, 2.05) is 12.1 Å². The van der Waals surface area contributed by atoms with Gasteiger partial charge in [0.05, 0.1) is 0 Å². The van der Waals surface area contributed by atoms with Crippen molar-refractivity contribution in [2.45, 2.75) is 114 Å². The molecule has 174 valence electrons. The first-order valence-corrected chi connectivity index (χ1v) is 15.7. The van der Waals surface area contributed by atoms with E-state index in [0.717, 1.165) is 17.9 Å². The zero-order valence-corrected chi connectivity index (χ0v) is 20.9. The summed E-state index contributed by atoms with van der Waals surface area (Å²) in [5, 5.41) is 0. The Hall–Kier alpha value is -0.963. The summed E-state index contributed by atoms with van der Waals surface area (Å²) in [6.07, 6.45) is 17.8. The van der Waals surface area contributed by atoms with E-state index in [4.69, 9.17) is 0 Å². The molecule has 0 aromatic heterocycles. The molecule has 0 nitrogen and oxygen atoms in total. The Kier molecular flexibility index (Phi) is 10.8. The second-order valence-electron chi connectivity index (χ2n) is 10.5. The van der Waals surface area contributed by atoms with Crippen molar-refractivity contribution in [2.75, 3.05) is 0 Å². The summed E-state index contributed by atoms with van der Waals surface area (Å²) in [6, 6.07) is 12.7. The Bertz CT molecular complexity index is 633. The molecule has 1 aromatic carbocycles. The zero-order valence-electron chi connectivity index (χ0n) is 19.8. The van der Waals surface area contributed by atoms with Gasteiger partial charge >= 0.3 is 0 Å². The van der Waals surface area contributed by atoms with E-state index in [1.54, 1.807) is 31.0 Å². The zero-order chi connectivity index (χ0) is 21.9. The summed E-state index contributed by atoms with van der Waals surface area (Å²) in [5.41, 5.74) is 1.94. The minimum absolute atomic E-state index is 0.338. The van der Waals surface area contributed by atoms with E-state index >= 15 is 0 Å². The van der Waals surface area contributed by atoms with Crippen LogP contribution in [0.2, 0.25) is 18.1 Å². The normalized spacial score (nSPS) is 26.5. The predicted molar refractivity (Wildman–Crippen MR) is 134 cm³/mol. The minimum atomic E-state index is -1.62. The standard InChI is InChI=1S/C28H44F2Si/c1-2-3-6-19-31-20-17-24(18-21-31)8-5-4-7-23-9-13-26(14-10-23)27-15-11-25(12-16-27)22-28(29)30/h11-12,15-16,22-24,26,31H,2-10,13-14,17-21H2,1H3/t23-,24?,26-,31?. The molecule has 0 spiro atoms. The van der Waals surface area contributed by atoms with Crippen molar-refractivity contribution in [3.8, 4) is 0 Å². The first-order chi connectivity index (χ1) is 15.1. The van der Waals surface area contributed by atoms with Gasteiger partial charge in [-0.1, -0.05) is 107 Å². The molecule has 3 rings (SSSR count). The van der Waals surface area contributed by atoms with Crippen LogP contribution in [0.5, 0.6) is 0 Å². The molecule has 0 N–H and O–H groups in total. The SMILES string of the molecule is CCCCC[SiH]1CCC(CCCC[C@H]2CC[C@H](c3ccc(C=C(F)F)cc3)CC2)CC1. The number of hydrogen-bond donors (Lipinski definition) is 0. The molecule has 2 fully saturated rings. The Morgan fingerprint density at radius 2 is 1.45 bits per heavy atom. The van der Waals surface area contributed by atoms with E-state index in [0.29, 0.717) is 11.5 Å². The lowest BCUT2D eigenvalue weighted by atomic mass is 9.77. The van der Waals surface area contributed by atoms with Crippen molar-refractivity contribution in [3.63, 3.8) is 0 Å². The number of hydrogen-bond acceptors (Lipinski definition) is 0. The Labute approximate surface area is 191 Å². The van der Waals surface area contributed by atoms with Crippen molar-refractivity contribution in [2.24, 2.45) is 11.8 Å². The van der Waals surface area contributed by atoms with Crippen LogP contribution in [0.15, 0.2) is 30.3 Å². The fourth-order valence-electron chi connectivity index (χ4n) is 6.13. The van der Waals surface area contributed by atoms with Crippen LogP contribution in [0.25, 0.3) is 6.08 Å². The van der Waals surface area contributed by atoms with E-state index in [2.05, 4.69) is 19.1 Å². The van der Waals surface area contributed by atoms with Gasteiger partial charge in [0.25, 0.3) is 6.08 Å². The summed E-state index contributed by atoms with van der Waals surface area (Å²) < 4.78 is 24.8. The molecule has 3 heteroatoms. The third kappa shape index (κ3) is 8.83. The maximum Gasteiger partial charge on any atom is 0.270 e. The third-order valence-corrected chi connectivity index (χ3v) is 11.7. The number of rotatable bonds is 11. The average Bonchev–Trinajstić information content (AvgIpc) is 2.78. The van der Waals surface area contributed by atoms with Crippen LogP contribution in [0, 0.1) is 11.8 Å². The molecule has 31 heavy (non-hydrogen) atoms. The van der Waals surface area contributed by atoms with Crippen molar-refractivity contribution in [1.29, 1.82) is 0 Å². The van der Waals surface area contributed by atoms with Crippen LogP contribution in [-0.2, 0) is 0 Å². The monoisotopic (exact) mass is 446 g/mol. The Morgan fingerprint density at radius 1 is 0.839 bits per heavy atom. The lowest BCUT2D eigenvalue weighted by molar-refractivity contribution is 0.297. The molecule has 0 unspecified atom stereocenters. The van der Waals surface area contributed by atoms with Gasteiger partial charge in [0.15, 0.2) is 0 Å². The molecule has 1 aliphatic carbocycles. The quantitative estimate of drug-likeness (QED) is 0.234. The molecule has 1 aliphatic heterocycles. The Balaban J connectivity index is 1.25. The molecule has 0 radical (unpaired) electrons. The van der Waals surface area contributed by atoms with Crippen LogP contribution >= 0.6 is 0 Å². The molecule has 0 atom stereocenters. The van der Waals surface area contributed by atoms with Gasteiger partial charge < -0.3 is 0 Å². The van der Waals surface area contributed by atoms with Crippen LogP contribution < -0.4 is 0 Å². The molecular formula is C28H44F2Si. The van der Waals surface area contributed by atoms with Crippen LogP contribution in [0.3, 0.4) is 0 Å². The average molecular weight is 447 g/mol. The van der Waals surface area contributed by atoms with Gasteiger partial charge in [0.2, 0.25) is 0 Å². The van der Waals surface area contributed by atoms with Gasteiger partial charge in [-0.05, 0) is 54.6 Å². The highest BCUT2D eigenvalue weighted by Crippen LogP contribution is 2.38. The first kappa shape index (κ1) is 24.7. The number of benzene rings is 1. The molecule has 1 saturated carbocycles. The molecule has 2 aliphatic rings. The largest absolute Gasteiger partial charge is 0.270 e. The fraction of sp³-hybridized carbons (Fsp3) is 0.714. The van der Waals surface area contributed by atoms with Gasteiger partial charge in [-0.2, -0.15) is 8.78 Å². The lowest BCUT2D eigenvalue weighted by Crippen LogP contribution is -2.21. The molecule has 0 amide bonds. The van der Waals surface area contributed by atoms with E-state index in [1.165, 1.54) is 76.2 Å².